The molecule has 34 heavy (non-hydrogen) atoms. The molecule has 0 bridgehead atoms. The number of halogens is 2. The van der Waals surface area contributed by atoms with Gasteiger partial charge in [-0.25, -0.2) is 9.97 Å². The predicted octanol–water partition coefficient (Wildman–Crippen LogP) is 3.52. The van der Waals surface area contributed by atoms with Crippen LogP contribution in [0, 0.1) is 0 Å². The molecule has 180 valence electrons. The zero-order valence-corrected chi connectivity index (χ0v) is 19.8. The van der Waals surface area contributed by atoms with E-state index in [0.717, 1.165) is 51.7 Å². The Morgan fingerprint density at radius 1 is 0.706 bits per heavy atom. The maximum absolute atomic E-state index is 5.81. The quantitative estimate of drug-likeness (QED) is 0.385. The highest BCUT2D eigenvalue weighted by Crippen LogP contribution is 2.28. The second-order valence-electron chi connectivity index (χ2n) is 8.05. The van der Waals surface area contributed by atoms with E-state index >= 15 is 0 Å². The van der Waals surface area contributed by atoms with Crippen molar-refractivity contribution in [3.8, 4) is 0 Å². The monoisotopic (exact) mass is 506 g/mol. The van der Waals surface area contributed by atoms with Crippen LogP contribution < -0.4 is 11.5 Å². The lowest BCUT2D eigenvalue weighted by atomic mass is 10.2. The summed E-state index contributed by atoms with van der Waals surface area (Å²) < 4.78 is 15.1. The zero-order chi connectivity index (χ0) is 23.7. The molecule has 2 atom stereocenters. The highest BCUT2D eigenvalue weighted by molar-refractivity contribution is 6.29. The number of nitrogen functional groups attached to an aromatic ring is 2. The lowest BCUT2D eigenvalue weighted by Crippen LogP contribution is -2.17. The summed E-state index contributed by atoms with van der Waals surface area (Å²) in [5.41, 5.74) is 13.9. The third-order valence-electron chi connectivity index (χ3n) is 5.77. The molecule has 2 unspecified atom stereocenters. The Labute approximate surface area is 204 Å². The molecule has 12 nitrogen and oxygen atoms in total. The molecule has 4 aromatic heterocycles. The van der Waals surface area contributed by atoms with Gasteiger partial charge in [-0.15, -0.1) is 0 Å². The number of ether oxygens (including phenoxy) is 2. The number of fused-ring (bicyclic) bond motifs is 2. The predicted molar refractivity (Wildman–Crippen MR) is 127 cm³/mol. The minimum atomic E-state index is -0.0286. The van der Waals surface area contributed by atoms with Gasteiger partial charge in [-0.05, 0) is 61.7 Å². The Bertz CT molecular complexity index is 1200. The lowest BCUT2D eigenvalue weighted by molar-refractivity contribution is -0.0299. The summed E-state index contributed by atoms with van der Waals surface area (Å²) >= 11 is 11.6. The second-order valence-corrected chi connectivity index (χ2v) is 8.72. The molecular weight excluding hydrogens is 483 g/mol. The van der Waals surface area contributed by atoms with Crippen LogP contribution in [-0.2, 0) is 9.47 Å². The van der Waals surface area contributed by atoms with Gasteiger partial charge in [0.25, 0.3) is 0 Å². The van der Waals surface area contributed by atoms with Gasteiger partial charge in [-0.1, -0.05) is 0 Å². The molecule has 2 aliphatic rings. The van der Waals surface area contributed by atoms with Crippen LogP contribution in [0.1, 0.15) is 51.0 Å². The van der Waals surface area contributed by atoms with Crippen LogP contribution in [0.4, 0.5) is 11.6 Å². The maximum atomic E-state index is 5.81. The van der Waals surface area contributed by atoms with E-state index < -0.39 is 0 Å². The topological polar surface area (TPSA) is 158 Å². The standard InChI is InChI=1S/2C10H12ClN5O/c2*11-10-14-8(12)7-9(15-10)16(5-13-7)6-3-1-2-4-17-6/h2*5-6H,1-4H2,(H2,12,14,15). The average molecular weight is 507 g/mol. The van der Waals surface area contributed by atoms with E-state index in [1.165, 1.54) is 0 Å². The van der Waals surface area contributed by atoms with Gasteiger partial charge in [0.1, 0.15) is 23.5 Å². The van der Waals surface area contributed by atoms with Crippen LogP contribution in [0.15, 0.2) is 12.7 Å². The number of anilines is 2. The molecule has 4 N–H and O–H groups in total. The number of nitrogens with zero attached hydrogens (tertiary/aromatic N) is 8. The Morgan fingerprint density at radius 2 is 1.15 bits per heavy atom. The number of hydrogen-bond acceptors (Lipinski definition) is 10. The zero-order valence-electron chi connectivity index (χ0n) is 18.3. The van der Waals surface area contributed by atoms with Crippen LogP contribution in [0.3, 0.4) is 0 Å². The van der Waals surface area contributed by atoms with Gasteiger partial charge in [-0.2, -0.15) is 19.9 Å². The Kier molecular flexibility index (Phi) is 6.63. The van der Waals surface area contributed by atoms with Crippen LogP contribution >= 0.6 is 23.2 Å². The van der Waals surface area contributed by atoms with E-state index in [1.54, 1.807) is 12.7 Å². The largest absolute Gasteiger partial charge is 0.382 e. The lowest BCUT2D eigenvalue weighted by Gasteiger charge is -2.23. The van der Waals surface area contributed by atoms with Gasteiger partial charge in [0.15, 0.2) is 22.9 Å². The molecule has 2 fully saturated rings. The highest BCUT2D eigenvalue weighted by atomic mass is 35.5. The van der Waals surface area contributed by atoms with Crippen molar-refractivity contribution < 1.29 is 9.47 Å². The van der Waals surface area contributed by atoms with E-state index in [4.69, 9.17) is 44.1 Å². The van der Waals surface area contributed by atoms with Gasteiger partial charge in [0.05, 0.1) is 12.7 Å². The number of aromatic nitrogens is 8. The number of nitrogens with two attached hydrogens (primary N) is 2. The molecule has 14 heteroatoms. The number of rotatable bonds is 2. The van der Waals surface area contributed by atoms with E-state index in [-0.39, 0.29) is 23.0 Å². The minimum Gasteiger partial charge on any atom is -0.382 e. The summed E-state index contributed by atoms with van der Waals surface area (Å²) in [6, 6.07) is 0. The molecule has 0 aromatic carbocycles. The van der Waals surface area contributed by atoms with Crippen molar-refractivity contribution in [3.63, 3.8) is 0 Å². The molecular formula is C20H24Cl2N10O2. The van der Waals surface area contributed by atoms with Crippen LogP contribution in [-0.4, -0.2) is 52.3 Å². The maximum Gasteiger partial charge on any atom is 0.226 e. The Balaban J connectivity index is 0.000000142. The van der Waals surface area contributed by atoms with Crippen molar-refractivity contribution in [3.05, 3.63) is 23.2 Å². The average Bonchev–Trinajstić information content (AvgIpc) is 3.45. The molecule has 0 amide bonds. The first-order chi connectivity index (χ1) is 16.5. The van der Waals surface area contributed by atoms with Gasteiger partial charge >= 0.3 is 0 Å². The van der Waals surface area contributed by atoms with E-state index in [0.29, 0.717) is 34.0 Å². The fourth-order valence-corrected chi connectivity index (χ4v) is 4.47. The highest BCUT2D eigenvalue weighted by Gasteiger charge is 2.21. The molecule has 0 aliphatic carbocycles. The summed E-state index contributed by atoms with van der Waals surface area (Å²) in [5, 5.41) is 0.264. The molecule has 2 saturated heterocycles. The van der Waals surface area contributed by atoms with Crippen LogP contribution in [0.2, 0.25) is 10.6 Å². The van der Waals surface area contributed by atoms with E-state index in [9.17, 15) is 0 Å². The first-order valence-corrected chi connectivity index (χ1v) is 11.8. The van der Waals surface area contributed by atoms with Crippen molar-refractivity contribution in [1.29, 1.82) is 0 Å². The Morgan fingerprint density at radius 3 is 1.53 bits per heavy atom. The molecule has 2 aliphatic heterocycles. The van der Waals surface area contributed by atoms with Gasteiger partial charge in [-0.3, -0.25) is 9.13 Å². The first kappa shape index (κ1) is 23.0. The van der Waals surface area contributed by atoms with Crippen molar-refractivity contribution in [2.45, 2.75) is 51.0 Å². The van der Waals surface area contributed by atoms with Crippen molar-refractivity contribution in [2.75, 3.05) is 24.7 Å². The van der Waals surface area contributed by atoms with E-state index in [1.807, 2.05) is 9.13 Å². The van der Waals surface area contributed by atoms with Crippen LogP contribution in [0.5, 0.6) is 0 Å². The van der Waals surface area contributed by atoms with Crippen molar-refractivity contribution >= 4 is 57.2 Å². The molecule has 0 spiro atoms. The Hall–Kier alpha value is -2.80. The summed E-state index contributed by atoms with van der Waals surface area (Å²) in [4.78, 5) is 24.5. The fourth-order valence-electron chi connectivity index (χ4n) is 4.13. The minimum absolute atomic E-state index is 0.0286. The summed E-state index contributed by atoms with van der Waals surface area (Å²) in [6.45, 7) is 1.53. The number of hydrogen-bond donors (Lipinski definition) is 2. The molecule has 0 saturated carbocycles. The van der Waals surface area contributed by atoms with Crippen molar-refractivity contribution in [1.82, 2.24) is 39.0 Å². The molecule has 6 heterocycles. The summed E-state index contributed by atoms with van der Waals surface area (Å²) in [5.74, 6) is 0.601. The van der Waals surface area contributed by atoms with E-state index in [2.05, 4.69) is 29.9 Å². The van der Waals surface area contributed by atoms with Gasteiger partial charge in [0.2, 0.25) is 10.6 Å². The summed E-state index contributed by atoms with van der Waals surface area (Å²) in [6.07, 6.45) is 9.68. The number of imidazole rings is 2. The first-order valence-electron chi connectivity index (χ1n) is 11.1. The fraction of sp³-hybridized carbons (Fsp3) is 0.500. The summed E-state index contributed by atoms with van der Waals surface area (Å²) in [7, 11) is 0. The smallest absolute Gasteiger partial charge is 0.226 e. The normalized spacial score (nSPS) is 20.9. The van der Waals surface area contributed by atoms with Gasteiger partial charge < -0.3 is 20.9 Å². The second kappa shape index (κ2) is 9.82. The molecule has 4 aromatic rings. The molecule has 0 radical (unpaired) electrons. The van der Waals surface area contributed by atoms with Crippen LogP contribution in [0.25, 0.3) is 22.3 Å². The van der Waals surface area contributed by atoms with Gasteiger partial charge in [0, 0.05) is 13.2 Å². The third-order valence-corrected chi connectivity index (χ3v) is 6.11. The SMILES string of the molecule is Nc1nc(Cl)nc2c1ncn2C1CCCCO1.Nc1nc(Cl)nc2c1ncn2C1CCCCO1. The molecule has 6 rings (SSSR count). The third kappa shape index (κ3) is 4.58. The van der Waals surface area contributed by atoms with Crippen molar-refractivity contribution in [2.24, 2.45) is 0 Å².